The number of carbonyl (C=O) groups is 4. The number of carbonyl (C=O) groups excluding carboxylic acids is 4. The topological polar surface area (TPSA) is 256 Å². The van der Waals surface area contributed by atoms with Crippen molar-refractivity contribution in [2.45, 2.75) is 33.9 Å². The van der Waals surface area contributed by atoms with Gasteiger partial charge in [-0.2, -0.15) is 9.97 Å². The molecule has 2 atom stereocenters. The monoisotopic (exact) mass is 756 g/mol. The molecule has 0 bridgehead atoms. The first-order valence-electron chi connectivity index (χ1n) is 13.1. The molecule has 6 rings (SSSR count). The Kier molecular flexibility index (Phi) is 14.1. The quantitative estimate of drug-likeness (QED) is 0.110. The second-order valence-corrected chi connectivity index (χ2v) is 14.1. The van der Waals surface area contributed by atoms with E-state index in [4.69, 9.17) is 0 Å². The zero-order valence-corrected chi connectivity index (χ0v) is 33.1. The summed E-state index contributed by atoms with van der Waals surface area (Å²) in [4.78, 5) is 101. The van der Waals surface area contributed by atoms with E-state index in [9.17, 15) is 48.6 Å². The third-order valence-corrected chi connectivity index (χ3v) is 11.7. The van der Waals surface area contributed by atoms with Crippen LogP contribution in [0.1, 0.15) is 12.8 Å². The van der Waals surface area contributed by atoms with E-state index >= 15 is 0 Å². The molecular weight excluding hydrogens is 735 g/mol. The zero-order chi connectivity index (χ0) is 33.4. The summed E-state index contributed by atoms with van der Waals surface area (Å²) in [6.07, 6.45) is 0.662. The number of aromatic nitrogens is 6. The van der Waals surface area contributed by atoms with E-state index in [1.165, 1.54) is 56.8 Å². The van der Waals surface area contributed by atoms with Gasteiger partial charge >= 0.3 is 81.4 Å². The van der Waals surface area contributed by atoms with Crippen molar-refractivity contribution in [2.24, 2.45) is 14.1 Å². The molecule has 2 aromatic rings. The van der Waals surface area contributed by atoms with Crippen LogP contribution in [0.3, 0.4) is 0 Å². The first-order chi connectivity index (χ1) is 21.8. The first-order valence-corrected chi connectivity index (χ1v) is 17.2. The number of aryl methyl sites for hydroxylation is 2. The van der Waals surface area contributed by atoms with Crippen LogP contribution < -0.4 is 91.6 Å². The Morgan fingerprint density at radius 1 is 0.729 bits per heavy atom. The summed E-state index contributed by atoms with van der Waals surface area (Å²) in [5.74, 6) is -1.89. The molecule has 2 aromatic heterocycles. The Morgan fingerprint density at radius 2 is 1.08 bits per heavy atom. The molecule has 2 N–H and O–H groups in total. The number of thioether (sulfide) groups is 4. The second-order valence-electron chi connectivity index (χ2n) is 9.92. The summed E-state index contributed by atoms with van der Waals surface area (Å²) in [5, 5.41) is 27.6. The number of carboxylic acids is 2. The molecule has 0 spiro atoms. The Bertz CT molecular complexity index is 1840. The molecule has 244 valence electrons. The predicted octanol–water partition coefficient (Wildman–Crippen LogP) is -10.3. The van der Waals surface area contributed by atoms with Gasteiger partial charge in [-0.1, -0.05) is 23.5 Å². The van der Waals surface area contributed by atoms with Crippen molar-refractivity contribution >= 4 is 70.8 Å². The van der Waals surface area contributed by atoms with Crippen molar-refractivity contribution in [1.29, 1.82) is 0 Å². The number of aliphatic carboxylic acids is 2. The fourth-order valence-corrected chi connectivity index (χ4v) is 9.28. The number of β-lactam (4-membered cyclic amide) rings is 2. The molecule has 4 aliphatic rings. The molecule has 2 saturated heterocycles. The Labute approximate surface area is 330 Å². The van der Waals surface area contributed by atoms with E-state index in [2.05, 4.69) is 20.2 Å². The molecule has 0 radical (unpaired) electrons. The van der Waals surface area contributed by atoms with Crippen molar-refractivity contribution in [3.05, 3.63) is 64.0 Å². The number of hydrogen-bond donors (Lipinski definition) is 2. The molecule has 0 aliphatic carbocycles. The maximum absolute atomic E-state index is 11.6. The van der Waals surface area contributed by atoms with Gasteiger partial charge in [-0.25, -0.2) is 0 Å². The predicted molar refractivity (Wildman–Crippen MR) is 161 cm³/mol. The van der Waals surface area contributed by atoms with Crippen molar-refractivity contribution in [1.82, 2.24) is 39.3 Å². The minimum absolute atomic E-state index is 0. The summed E-state index contributed by atoms with van der Waals surface area (Å²) < 4.78 is 2.59. The molecule has 0 saturated carbocycles. The molecule has 18 nitrogen and oxygen atoms in total. The molecule has 4 aliphatic heterocycles. The average Bonchev–Trinajstić information content (AvgIpc) is 2.98. The minimum Gasteiger partial charge on any atom is -0.543 e. The Morgan fingerprint density at radius 3 is 1.40 bits per heavy atom. The second kappa shape index (κ2) is 16.8. The Hall–Kier alpha value is -2.02. The molecule has 0 aromatic carbocycles. The van der Waals surface area contributed by atoms with Gasteiger partial charge in [0, 0.05) is 37.1 Å². The number of amides is 2. The summed E-state index contributed by atoms with van der Waals surface area (Å²) in [7, 11) is 3.05. The number of nitrogens with one attached hydrogen (secondary N) is 2. The molecule has 24 heteroatoms. The van der Waals surface area contributed by atoms with E-state index < -0.39 is 34.2 Å². The average molecular weight is 757 g/mol. The zero-order valence-electron chi connectivity index (χ0n) is 25.8. The van der Waals surface area contributed by atoms with Crippen molar-refractivity contribution in [3.8, 4) is 0 Å². The van der Waals surface area contributed by atoms with Crippen LogP contribution in [0.2, 0.25) is 0 Å². The summed E-state index contributed by atoms with van der Waals surface area (Å²) in [5.41, 5.74) is -2.58. The SMILES string of the molecule is Cn1[nH]c(=O)c(=O)nc1SCC1=C(C(=O)[O-])N2C(=O)CC2SC1.Cn1[nH]c(=O)c(=O)nc1SCC1=C(C(=O)[O-])N2C(=O)CC2SC1.[Na+].[Na+]. The van der Waals surface area contributed by atoms with Gasteiger partial charge in [-0.05, 0) is 11.1 Å². The van der Waals surface area contributed by atoms with Gasteiger partial charge in [-0.15, -0.1) is 23.5 Å². The molecule has 2 fully saturated rings. The van der Waals surface area contributed by atoms with Crippen LogP contribution in [0.5, 0.6) is 0 Å². The number of nitrogens with zero attached hydrogens (tertiary/aromatic N) is 6. The van der Waals surface area contributed by atoms with Gasteiger partial charge in [0.15, 0.2) is 10.3 Å². The van der Waals surface area contributed by atoms with Gasteiger partial charge in [0.05, 0.1) is 46.9 Å². The minimum atomic E-state index is -1.39. The van der Waals surface area contributed by atoms with Crippen molar-refractivity contribution < 1.29 is 88.5 Å². The first kappa shape index (κ1) is 40.4. The Balaban J connectivity index is 0.000000250. The van der Waals surface area contributed by atoms with E-state index in [1.807, 2.05) is 0 Å². The van der Waals surface area contributed by atoms with E-state index in [0.717, 1.165) is 23.5 Å². The number of rotatable bonds is 8. The van der Waals surface area contributed by atoms with Gasteiger partial charge in [-0.3, -0.25) is 58.1 Å². The molecule has 6 heterocycles. The number of hydrogen-bond acceptors (Lipinski definition) is 16. The van der Waals surface area contributed by atoms with Crippen LogP contribution in [-0.2, 0) is 33.3 Å². The van der Waals surface area contributed by atoms with Crippen LogP contribution >= 0.6 is 47.0 Å². The van der Waals surface area contributed by atoms with Gasteiger partial charge in [0.25, 0.3) is 0 Å². The number of carboxylic acid groups (broad SMARTS) is 2. The summed E-state index contributed by atoms with van der Waals surface area (Å²) in [6, 6.07) is 0. The van der Waals surface area contributed by atoms with E-state index in [0.29, 0.717) is 35.5 Å². The van der Waals surface area contributed by atoms with Crippen LogP contribution in [0.15, 0.2) is 52.0 Å². The van der Waals surface area contributed by atoms with Crippen molar-refractivity contribution in [3.63, 3.8) is 0 Å². The van der Waals surface area contributed by atoms with Crippen molar-refractivity contribution in [2.75, 3.05) is 23.0 Å². The molecule has 2 unspecified atom stereocenters. The largest absolute Gasteiger partial charge is 1.00 e. The summed E-state index contributed by atoms with van der Waals surface area (Å²) >= 11 is 5.19. The van der Waals surface area contributed by atoms with Gasteiger partial charge in [0.2, 0.25) is 11.8 Å². The molecule has 48 heavy (non-hydrogen) atoms. The van der Waals surface area contributed by atoms with Crippen LogP contribution in [0.25, 0.3) is 0 Å². The number of H-pyrrole nitrogens is 2. The van der Waals surface area contributed by atoms with Gasteiger partial charge in [0.1, 0.15) is 0 Å². The molecular formula is C24H22N8Na2O10S4. The maximum atomic E-state index is 11.6. The fraction of sp³-hybridized carbons (Fsp3) is 0.417. The maximum Gasteiger partial charge on any atom is 1.00 e. The summed E-state index contributed by atoms with van der Waals surface area (Å²) in [6.45, 7) is 0. The number of fused-ring (bicyclic) bond motifs is 2. The van der Waals surface area contributed by atoms with E-state index in [-0.39, 0.29) is 115 Å². The fourth-order valence-electron chi connectivity index (χ4n) is 4.64. The third-order valence-electron chi connectivity index (χ3n) is 6.90. The standard InChI is InChI=1S/2C12H12N4O5S2.2Na/c2*1-15-12(13-9(18)10(19)14-15)23-4-5-3-22-7-2-6(17)16(7)8(5)11(20)21;;/h2*7H,2-4H2,1H3,(H,14,19)(H,20,21);;/q;;2*+1/p-2. The van der Waals surface area contributed by atoms with Gasteiger partial charge < -0.3 is 19.8 Å². The normalized spacial score (nSPS) is 19.5. The molecule has 2 amide bonds. The van der Waals surface area contributed by atoms with E-state index in [1.54, 1.807) is 0 Å². The number of aromatic amines is 2. The van der Waals surface area contributed by atoms with Crippen LogP contribution in [-0.4, -0.2) is 96.8 Å². The third kappa shape index (κ3) is 8.46. The van der Waals surface area contributed by atoms with Crippen LogP contribution in [0.4, 0.5) is 0 Å². The van der Waals surface area contributed by atoms with Crippen LogP contribution in [0, 0.1) is 0 Å². The smallest absolute Gasteiger partial charge is 0.543 e.